The van der Waals surface area contributed by atoms with Crippen LogP contribution in [0.25, 0.3) is 0 Å². The van der Waals surface area contributed by atoms with E-state index in [2.05, 4.69) is 22.1 Å². The van der Waals surface area contributed by atoms with Crippen LogP contribution >= 0.6 is 35.0 Å². The van der Waals surface area contributed by atoms with Crippen molar-refractivity contribution in [1.82, 2.24) is 5.01 Å². The first-order valence-corrected chi connectivity index (χ1v) is 12.7. The molecule has 0 aliphatic carbocycles. The maximum Gasteiger partial charge on any atom is 0.309 e. The molecule has 0 saturated carbocycles. The van der Waals surface area contributed by atoms with Crippen molar-refractivity contribution in [3.05, 3.63) is 63.1 Å². The summed E-state index contributed by atoms with van der Waals surface area (Å²) >= 11 is 13.6. The van der Waals surface area contributed by atoms with Crippen molar-refractivity contribution in [3.8, 4) is 0 Å². The van der Waals surface area contributed by atoms with Crippen LogP contribution in [-0.2, 0) is 11.2 Å². The van der Waals surface area contributed by atoms with Crippen molar-refractivity contribution in [2.45, 2.75) is 45.3 Å². The topological polar surface area (TPSA) is 65.3 Å². The molecule has 9 heteroatoms. The molecule has 2 aliphatic rings. The number of hydrogen-bond acceptors (Lipinski definition) is 5. The largest absolute Gasteiger partial charge is 0.326 e. The fraction of sp³-hybridized carbons (Fsp3) is 0.360. The molecule has 0 saturated heterocycles. The van der Waals surface area contributed by atoms with Crippen molar-refractivity contribution in [3.63, 3.8) is 0 Å². The zero-order valence-corrected chi connectivity index (χ0v) is 21.9. The van der Waals surface area contributed by atoms with E-state index < -0.39 is 10.7 Å². The number of hydrogen-bond donors (Lipinski definition) is 0. The predicted octanol–water partition coefficient (Wildman–Crippen LogP) is 6.41. The van der Waals surface area contributed by atoms with Gasteiger partial charge in [0.05, 0.1) is 20.5 Å². The number of carbonyl (C=O) groups is 2. The normalized spacial score (nSPS) is 18.0. The molecule has 6 nitrogen and oxygen atoms in total. The summed E-state index contributed by atoms with van der Waals surface area (Å²) in [4.78, 5) is 31.3. The fourth-order valence-electron chi connectivity index (χ4n) is 4.26. The minimum absolute atomic E-state index is 0.354. The van der Waals surface area contributed by atoms with Gasteiger partial charge in [-0.1, -0.05) is 29.3 Å². The molecule has 0 aromatic heterocycles. The number of amides is 2. The van der Waals surface area contributed by atoms with Gasteiger partial charge in [0, 0.05) is 31.3 Å². The highest BCUT2D eigenvalue weighted by atomic mass is 35.5. The third-order valence-electron chi connectivity index (χ3n) is 5.80. The zero-order chi connectivity index (χ0) is 24.6. The summed E-state index contributed by atoms with van der Waals surface area (Å²) in [6, 6.07) is 11.8. The Kier molecular flexibility index (Phi) is 7.08. The molecule has 0 unspecified atom stereocenters. The number of nitrogens with zero attached hydrogens (tertiary/aromatic N) is 4. The molecule has 0 bridgehead atoms. The Morgan fingerprint density at radius 3 is 2.62 bits per heavy atom. The van der Waals surface area contributed by atoms with Gasteiger partial charge in [0.15, 0.2) is 0 Å². The first-order chi connectivity index (χ1) is 16.1. The molecule has 0 spiro atoms. The van der Waals surface area contributed by atoms with Gasteiger partial charge in [0.2, 0.25) is 5.91 Å². The Balaban J connectivity index is 1.76. The molecule has 178 valence electrons. The van der Waals surface area contributed by atoms with E-state index in [4.69, 9.17) is 28.2 Å². The second-order valence-corrected chi connectivity index (χ2v) is 11.1. The Bertz CT molecular complexity index is 1230. The van der Waals surface area contributed by atoms with Crippen LogP contribution in [0, 0.1) is 0 Å². The van der Waals surface area contributed by atoms with Crippen LogP contribution in [-0.4, -0.2) is 45.5 Å². The number of amidine groups is 1. The number of hydrazone groups is 1. The van der Waals surface area contributed by atoms with Crippen LogP contribution in [0.2, 0.25) is 10.0 Å². The number of rotatable bonds is 3. The van der Waals surface area contributed by atoms with Gasteiger partial charge in [-0.2, -0.15) is 10.1 Å². The van der Waals surface area contributed by atoms with Gasteiger partial charge in [-0.05, 0) is 86.8 Å². The van der Waals surface area contributed by atoms with Crippen LogP contribution < -0.4 is 4.90 Å². The molecule has 4 rings (SSSR count). The smallest absolute Gasteiger partial charge is 0.309 e. The van der Waals surface area contributed by atoms with E-state index in [-0.39, 0.29) is 5.24 Å². The molecule has 0 atom stereocenters. The standard InChI is InChI=1S/C25H26Cl2N4O2S/c1-5-28-23(18-8-10-19(26)20(27)14-18)30-12-6-7-16-13-17(9-11-21(16)30)22-25(3,4)34-24(33)31(29-22)15(2)32/h8-11,13-14H,5-7,12H2,1-4H3. The Labute approximate surface area is 214 Å². The fourth-order valence-corrected chi connectivity index (χ4v) is 5.50. The number of benzene rings is 2. The van der Waals surface area contributed by atoms with Crippen molar-refractivity contribution in [2.24, 2.45) is 10.1 Å². The van der Waals surface area contributed by atoms with Crippen molar-refractivity contribution < 1.29 is 9.59 Å². The SMILES string of the molecule is CCN=C(c1ccc(Cl)c(Cl)c1)N1CCCc2cc(C3=NN(C(C)=O)C(=O)SC3(C)C)ccc21. The number of aliphatic imine (C=N–C) groups is 1. The summed E-state index contributed by atoms with van der Waals surface area (Å²) < 4.78 is -0.555. The number of imide groups is 1. The lowest BCUT2D eigenvalue weighted by molar-refractivity contribution is -0.125. The van der Waals surface area contributed by atoms with Gasteiger partial charge in [0.1, 0.15) is 5.84 Å². The molecular formula is C25H26Cl2N4O2S. The maximum atomic E-state index is 12.3. The number of anilines is 1. The molecular weight excluding hydrogens is 491 g/mol. The highest BCUT2D eigenvalue weighted by Gasteiger charge is 2.39. The third-order valence-corrected chi connectivity index (χ3v) is 7.59. The second kappa shape index (κ2) is 9.72. The monoisotopic (exact) mass is 516 g/mol. The quantitative estimate of drug-likeness (QED) is 0.349. The predicted molar refractivity (Wildman–Crippen MR) is 142 cm³/mol. The highest BCUT2D eigenvalue weighted by molar-refractivity contribution is 8.15. The van der Waals surface area contributed by atoms with Crippen LogP contribution in [0.3, 0.4) is 0 Å². The molecule has 0 radical (unpaired) electrons. The average Bonchev–Trinajstić information content (AvgIpc) is 2.78. The number of fused-ring (bicyclic) bond motifs is 1. The number of halogens is 2. The molecule has 2 heterocycles. The Morgan fingerprint density at radius 2 is 1.94 bits per heavy atom. The van der Waals surface area contributed by atoms with Gasteiger partial charge >= 0.3 is 5.24 Å². The average molecular weight is 517 g/mol. The van der Waals surface area contributed by atoms with Gasteiger partial charge in [0.25, 0.3) is 0 Å². The van der Waals surface area contributed by atoms with Crippen LogP contribution in [0.1, 0.15) is 50.8 Å². The van der Waals surface area contributed by atoms with Gasteiger partial charge in [-0.15, -0.1) is 0 Å². The molecule has 2 aromatic carbocycles. The summed E-state index contributed by atoms with van der Waals surface area (Å²) in [5.41, 5.74) is 4.77. The van der Waals surface area contributed by atoms with Crippen LogP contribution in [0.15, 0.2) is 46.5 Å². The Morgan fingerprint density at radius 1 is 1.18 bits per heavy atom. The number of thioether (sulfide) groups is 1. The van der Waals surface area contributed by atoms with E-state index in [0.29, 0.717) is 22.3 Å². The first kappa shape index (κ1) is 24.8. The lowest BCUT2D eigenvalue weighted by Gasteiger charge is -2.35. The van der Waals surface area contributed by atoms with Crippen LogP contribution in [0.4, 0.5) is 10.5 Å². The van der Waals surface area contributed by atoms with Crippen molar-refractivity contribution in [2.75, 3.05) is 18.0 Å². The number of aryl methyl sites for hydroxylation is 1. The molecule has 0 N–H and O–H groups in total. The zero-order valence-electron chi connectivity index (χ0n) is 19.6. The molecule has 0 fully saturated rings. The summed E-state index contributed by atoms with van der Waals surface area (Å²) in [6.07, 6.45) is 1.87. The molecule has 2 aliphatic heterocycles. The van der Waals surface area contributed by atoms with E-state index in [1.54, 1.807) is 6.07 Å². The minimum Gasteiger partial charge on any atom is -0.326 e. The Hall–Kier alpha value is -2.35. The number of carbonyl (C=O) groups excluding carboxylic acids is 2. The van der Waals surface area contributed by atoms with Gasteiger partial charge in [-0.25, -0.2) is 0 Å². The maximum absolute atomic E-state index is 12.3. The van der Waals surface area contributed by atoms with Crippen molar-refractivity contribution >= 4 is 63.3 Å². The van der Waals surface area contributed by atoms with E-state index in [9.17, 15) is 9.59 Å². The lowest BCUT2D eigenvalue weighted by atomic mass is 9.93. The third kappa shape index (κ3) is 4.74. The molecule has 2 amide bonds. The summed E-state index contributed by atoms with van der Waals surface area (Å²) in [7, 11) is 0. The highest BCUT2D eigenvalue weighted by Crippen LogP contribution is 2.38. The first-order valence-electron chi connectivity index (χ1n) is 11.2. The van der Waals surface area contributed by atoms with E-state index >= 15 is 0 Å². The second-order valence-electron chi connectivity index (χ2n) is 8.68. The summed E-state index contributed by atoms with van der Waals surface area (Å²) in [5.74, 6) is 0.464. The van der Waals surface area contributed by atoms with Crippen LogP contribution in [0.5, 0.6) is 0 Å². The lowest BCUT2D eigenvalue weighted by Crippen LogP contribution is -2.43. The van der Waals surface area contributed by atoms with Crippen molar-refractivity contribution in [1.29, 1.82) is 0 Å². The van der Waals surface area contributed by atoms with E-state index in [1.807, 2.05) is 39.0 Å². The van der Waals surface area contributed by atoms with E-state index in [1.165, 1.54) is 12.5 Å². The minimum atomic E-state index is -0.555. The molecule has 2 aromatic rings. The van der Waals surface area contributed by atoms with Gasteiger partial charge in [-0.3, -0.25) is 14.6 Å². The van der Waals surface area contributed by atoms with E-state index in [0.717, 1.165) is 58.8 Å². The van der Waals surface area contributed by atoms with Gasteiger partial charge < -0.3 is 4.90 Å². The summed E-state index contributed by atoms with van der Waals surface area (Å²) in [6.45, 7) is 8.73. The molecule has 34 heavy (non-hydrogen) atoms. The summed E-state index contributed by atoms with van der Waals surface area (Å²) in [5, 5.41) is 6.05.